The monoisotopic (exact) mass is 634 g/mol. The van der Waals surface area contributed by atoms with Gasteiger partial charge in [-0.1, -0.05) is 11.6 Å². The van der Waals surface area contributed by atoms with E-state index < -0.39 is 36.3 Å². The summed E-state index contributed by atoms with van der Waals surface area (Å²) >= 11 is 6.29. The van der Waals surface area contributed by atoms with Crippen molar-refractivity contribution in [3.8, 4) is 11.9 Å². The van der Waals surface area contributed by atoms with Gasteiger partial charge in [0.15, 0.2) is 5.82 Å². The maximum Gasteiger partial charge on any atom is 0.461 e. The molecular formula is C26H20ClF5N10O2. The Morgan fingerprint density at radius 1 is 1.14 bits per heavy atom. The molecular weight excluding hydrogens is 615 g/mol. The predicted molar refractivity (Wildman–Crippen MR) is 142 cm³/mol. The van der Waals surface area contributed by atoms with Crippen molar-refractivity contribution in [2.24, 2.45) is 0 Å². The lowest BCUT2D eigenvalue weighted by Gasteiger charge is -2.27. The molecule has 5 rings (SSSR count). The molecule has 1 aliphatic rings. The highest BCUT2D eigenvalue weighted by Crippen LogP contribution is 2.41. The summed E-state index contributed by atoms with van der Waals surface area (Å²) in [6, 6.07) is 8.95. The zero-order valence-corrected chi connectivity index (χ0v) is 23.3. The minimum absolute atomic E-state index is 0.0130. The Morgan fingerprint density at radius 3 is 2.52 bits per heavy atom. The minimum Gasteiger partial charge on any atom is -0.349 e. The van der Waals surface area contributed by atoms with Crippen molar-refractivity contribution in [1.82, 2.24) is 40.3 Å². The molecule has 18 heteroatoms. The quantitative estimate of drug-likeness (QED) is 0.271. The molecule has 2 N–H and O–H groups in total. The summed E-state index contributed by atoms with van der Waals surface area (Å²) in [6.45, 7) is 1.03. The van der Waals surface area contributed by atoms with E-state index in [2.05, 4.69) is 36.1 Å². The number of hydrogen-bond donors (Lipinski definition) is 2. The van der Waals surface area contributed by atoms with Crippen LogP contribution in [0.15, 0.2) is 36.5 Å². The molecule has 0 aliphatic heterocycles. The lowest BCUT2D eigenvalue weighted by Crippen LogP contribution is -2.40. The number of nitrogens with one attached hydrogen (secondary N) is 2. The van der Waals surface area contributed by atoms with Crippen LogP contribution in [0.2, 0.25) is 5.02 Å². The second-order valence-corrected chi connectivity index (χ2v) is 10.2. The first-order chi connectivity index (χ1) is 20.8. The summed E-state index contributed by atoms with van der Waals surface area (Å²) in [5.41, 5.74) is 0.510. The van der Waals surface area contributed by atoms with Gasteiger partial charge in [-0.3, -0.25) is 9.59 Å². The fourth-order valence-electron chi connectivity index (χ4n) is 4.26. The number of rotatable bonds is 8. The number of alkyl halides is 5. The van der Waals surface area contributed by atoms with Crippen LogP contribution in [0.1, 0.15) is 62.8 Å². The number of tetrazole rings is 1. The third kappa shape index (κ3) is 5.93. The van der Waals surface area contributed by atoms with Crippen molar-refractivity contribution in [3.05, 3.63) is 75.5 Å². The number of hydrogen-bond acceptors (Lipinski definition) is 8. The van der Waals surface area contributed by atoms with Crippen molar-refractivity contribution in [2.75, 3.05) is 5.32 Å². The van der Waals surface area contributed by atoms with Gasteiger partial charge >= 0.3 is 12.1 Å². The van der Waals surface area contributed by atoms with Crippen LogP contribution in [0.5, 0.6) is 0 Å². The van der Waals surface area contributed by atoms with Crippen molar-refractivity contribution < 1.29 is 31.5 Å². The molecule has 0 spiro atoms. The van der Waals surface area contributed by atoms with Crippen molar-refractivity contribution in [1.29, 1.82) is 5.26 Å². The molecule has 1 saturated carbocycles. The topological polar surface area (TPSA) is 156 Å². The van der Waals surface area contributed by atoms with E-state index in [9.17, 15) is 36.8 Å². The third-order valence-corrected chi connectivity index (χ3v) is 7.01. The van der Waals surface area contributed by atoms with Crippen molar-refractivity contribution >= 4 is 29.1 Å². The Hall–Kier alpha value is -4.98. The van der Waals surface area contributed by atoms with Crippen molar-refractivity contribution in [3.63, 3.8) is 0 Å². The maximum atomic E-state index is 13.7. The maximum absolute atomic E-state index is 13.7. The number of anilines is 1. The first-order valence-corrected chi connectivity index (χ1v) is 13.3. The van der Waals surface area contributed by atoms with Crippen LogP contribution >= 0.6 is 11.6 Å². The highest BCUT2D eigenvalue weighted by atomic mass is 35.5. The summed E-state index contributed by atoms with van der Waals surface area (Å²) in [6.07, 6.45) is -2.02. The molecule has 0 saturated heterocycles. The van der Waals surface area contributed by atoms with Crippen LogP contribution in [-0.4, -0.2) is 59.0 Å². The summed E-state index contributed by atoms with van der Waals surface area (Å²) in [7, 11) is 0. The second-order valence-electron chi connectivity index (χ2n) is 9.84. The van der Waals surface area contributed by atoms with Crippen LogP contribution in [0, 0.1) is 18.3 Å². The molecule has 44 heavy (non-hydrogen) atoms. The fourth-order valence-corrected chi connectivity index (χ4v) is 4.46. The van der Waals surface area contributed by atoms with Gasteiger partial charge in [-0.15, -0.1) is 10.2 Å². The molecule has 1 aromatic carbocycles. The lowest BCUT2D eigenvalue weighted by atomic mass is 9.92. The average Bonchev–Trinajstić information content (AvgIpc) is 3.59. The number of nitrogens with zero attached hydrogens (tertiary/aromatic N) is 8. The molecule has 4 aromatic rings. The second kappa shape index (κ2) is 11.6. The number of pyridine rings is 1. The Morgan fingerprint density at radius 2 is 1.89 bits per heavy atom. The Bertz CT molecular complexity index is 1790. The van der Waals surface area contributed by atoms with Crippen LogP contribution in [-0.2, 0) is 12.5 Å². The van der Waals surface area contributed by atoms with Gasteiger partial charge in [0.05, 0.1) is 33.6 Å². The SMILES string of the molecule is Cc1cc(C#N)cc(C(=O)NC2CCC2)c1NC(=O)c1cc(Cn2nnc(C(F)(F)C(F)(F)F)n2)nn1-c1ncccc1Cl. The van der Waals surface area contributed by atoms with Gasteiger partial charge in [-0.05, 0) is 67.3 Å². The van der Waals surface area contributed by atoms with E-state index in [1.54, 1.807) is 6.92 Å². The normalized spacial score (nSPS) is 13.7. The average molecular weight is 635 g/mol. The summed E-state index contributed by atoms with van der Waals surface area (Å²) in [4.78, 5) is 31.4. The number of aryl methyl sites for hydroxylation is 1. The van der Waals surface area contributed by atoms with Crippen molar-refractivity contribution in [2.45, 2.75) is 50.9 Å². The minimum atomic E-state index is -5.94. The van der Waals surface area contributed by atoms with Crippen LogP contribution in [0.3, 0.4) is 0 Å². The number of carbonyl (C=O) groups is 2. The molecule has 3 aromatic heterocycles. The number of carbonyl (C=O) groups excluding carboxylic acids is 2. The molecule has 0 atom stereocenters. The molecule has 0 bridgehead atoms. The summed E-state index contributed by atoms with van der Waals surface area (Å²) in [5, 5.41) is 28.5. The van der Waals surface area contributed by atoms with Gasteiger partial charge in [0.1, 0.15) is 12.2 Å². The molecule has 2 amide bonds. The van der Waals surface area contributed by atoms with Gasteiger partial charge < -0.3 is 10.6 Å². The fraction of sp³-hybridized carbons (Fsp3) is 0.308. The molecule has 1 aliphatic carbocycles. The largest absolute Gasteiger partial charge is 0.461 e. The molecule has 1 fully saturated rings. The highest BCUT2D eigenvalue weighted by molar-refractivity contribution is 6.32. The van der Waals surface area contributed by atoms with Crippen LogP contribution < -0.4 is 10.6 Å². The third-order valence-electron chi connectivity index (χ3n) is 6.71. The predicted octanol–water partition coefficient (Wildman–Crippen LogP) is 4.32. The van der Waals surface area contributed by atoms with E-state index in [1.165, 1.54) is 36.5 Å². The lowest BCUT2D eigenvalue weighted by molar-refractivity contribution is -0.292. The Labute approximate surface area is 249 Å². The van der Waals surface area contributed by atoms with Gasteiger partial charge in [0.2, 0.25) is 0 Å². The molecule has 3 heterocycles. The first kappa shape index (κ1) is 30.5. The van der Waals surface area contributed by atoms with E-state index >= 15 is 0 Å². The number of amides is 2. The molecule has 12 nitrogen and oxygen atoms in total. The number of halogens is 6. The zero-order chi connectivity index (χ0) is 31.8. The van der Waals surface area contributed by atoms with Gasteiger partial charge in [0.25, 0.3) is 17.6 Å². The van der Waals surface area contributed by atoms with Crippen LogP contribution in [0.4, 0.5) is 27.6 Å². The summed E-state index contributed by atoms with van der Waals surface area (Å²) < 4.78 is 66.6. The summed E-state index contributed by atoms with van der Waals surface area (Å²) in [5.74, 6) is -8.53. The van der Waals surface area contributed by atoms with E-state index in [0.717, 1.165) is 23.9 Å². The van der Waals surface area contributed by atoms with E-state index in [0.29, 0.717) is 10.4 Å². The standard InChI is InChI=1S/C26H20ClF5N10O2/c1-13-8-14(11-33)9-17(22(43)35-15-4-2-5-15)20(13)36-23(44)19-10-16(38-42(19)21-18(27)6-3-7-34-21)12-41-39-24(37-40-41)25(28,29)26(30,31)32/h3,6-10,15H,2,4-5,12H2,1H3,(H,35,43)(H,36,44). The first-order valence-electron chi connectivity index (χ1n) is 12.9. The smallest absolute Gasteiger partial charge is 0.349 e. The number of benzene rings is 1. The molecule has 0 unspecified atom stereocenters. The van der Waals surface area contributed by atoms with E-state index in [4.69, 9.17) is 11.6 Å². The van der Waals surface area contributed by atoms with Gasteiger partial charge in [-0.2, -0.15) is 37.1 Å². The number of nitriles is 1. The molecule has 0 radical (unpaired) electrons. The van der Waals surface area contributed by atoms with Gasteiger partial charge in [0, 0.05) is 12.2 Å². The van der Waals surface area contributed by atoms with Gasteiger partial charge in [-0.25, -0.2) is 9.67 Å². The Kier molecular flexibility index (Phi) is 8.04. The highest BCUT2D eigenvalue weighted by Gasteiger charge is 2.62. The van der Waals surface area contributed by atoms with Crippen LogP contribution in [0.25, 0.3) is 5.82 Å². The number of aromatic nitrogens is 7. The van der Waals surface area contributed by atoms with E-state index in [1.807, 2.05) is 6.07 Å². The van der Waals surface area contributed by atoms with E-state index in [-0.39, 0.29) is 45.1 Å². The Balaban J connectivity index is 1.50. The zero-order valence-electron chi connectivity index (χ0n) is 22.5. The molecule has 228 valence electrons.